The van der Waals surface area contributed by atoms with E-state index in [0.717, 1.165) is 6.92 Å². The van der Waals surface area contributed by atoms with E-state index in [1.807, 2.05) is 0 Å². The second-order valence-corrected chi connectivity index (χ2v) is 3.19. The largest absolute Gasteiger partial charge is 0.476 e. The van der Waals surface area contributed by atoms with E-state index >= 15 is 0 Å². The average Bonchev–Trinajstić information content (AvgIpc) is 2.02. The molecule has 80 valence electrons. The fourth-order valence-corrected chi connectivity index (χ4v) is 1.39. The van der Waals surface area contributed by atoms with Gasteiger partial charge in [-0.15, -0.1) is 0 Å². The molecule has 6 nitrogen and oxygen atoms in total. The molecule has 0 spiro atoms. The Hall–Kier alpha value is -1.46. The normalized spacial score (nSPS) is 16.8. The highest BCUT2D eigenvalue weighted by Crippen LogP contribution is 2.25. The second-order valence-electron chi connectivity index (χ2n) is 3.19. The maximum Gasteiger partial charge on any atom is 0.390 e. The van der Waals surface area contributed by atoms with Gasteiger partial charge in [0.25, 0.3) is 0 Å². The van der Waals surface area contributed by atoms with Gasteiger partial charge >= 0.3 is 11.5 Å². The topological polar surface area (TPSA) is 97.5 Å². The second kappa shape index (κ2) is 4.17. The summed E-state index contributed by atoms with van der Waals surface area (Å²) in [6.45, 7) is 3.93. The van der Waals surface area contributed by atoms with Crippen molar-refractivity contribution < 1.29 is 19.6 Å². The molecule has 14 heavy (non-hydrogen) atoms. The van der Waals surface area contributed by atoms with E-state index in [-0.39, 0.29) is 6.42 Å². The number of carbonyl (C=O) groups is 2. The Kier molecular flexibility index (Phi) is 3.73. The molecule has 0 saturated heterocycles. The summed E-state index contributed by atoms with van der Waals surface area (Å²) in [4.78, 5) is 31.7. The Balaban J connectivity index is 5.50. The van der Waals surface area contributed by atoms with Crippen LogP contribution in [0.2, 0.25) is 0 Å². The van der Waals surface area contributed by atoms with Crippen molar-refractivity contribution in [1.82, 2.24) is 0 Å². The molecule has 0 saturated carbocycles. The van der Waals surface area contributed by atoms with Crippen molar-refractivity contribution >= 4 is 11.8 Å². The number of Topliss-reactive ketones (excluding diaryl/α,β-unsaturated/α-hetero) is 1. The minimum atomic E-state index is -2.49. The molecule has 0 aromatic heterocycles. The maximum absolute atomic E-state index is 11.1. The van der Waals surface area contributed by atoms with E-state index in [4.69, 9.17) is 5.11 Å². The number of hydrogen-bond acceptors (Lipinski definition) is 4. The van der Waals surface area contributed by atoms with Gasteiger partial charge in [0.05, 0.1) is 0 Å². The standard InChI is InChI=1S/C8H13NO5/c1-4-5(2)8(6(3)10,7(11)12)9(13)14/h5H,4H2,1-3H3,(H,11,12). The molecule has 0 aromatic rings. The minimum Gasteiger partial charge on any atom is -0.476 e. The first-order chi connectivity index (χ1) is 6.31. The van der Waals surface area contributed by atoms with E-state index in [0.29, 0.717) is 0 Å². The summed E-state index contributed by atoms with van der Waals surface area (Å²) in [7, 11) is 0. The molecule has 0 rings (SSSR count). The van der Waals surface area contributed by atoms with Crippen LogP contribution in [0.3, 0.4) is 0 Å². The summed E-state index contributed by atoms with van der Waals surface area (Å²) in [5.41, 5.74) is -2.49. The highest BCUT2D eigenvalue weighted by atomic mass is 16.6. The highest BCUT2D eigenvalue weighted by molar-refractivity contribution is 6.05. The van der Waals surface area contributed by atoms with Crippen molar-refractivity contribution in [1.29, 1.82) is 0 Å². The van der Waals surface area contributed by atoms with Gasteiger partial charge in [-0.1, -0.05) is 13.8 Å². The third-order valence-electron chi connectivity index (χ3n) is 2.48. The van der Waals surface area contributed by atoms with Gasteiger partial charge < -0.3 is 5.11 Å². The lowest BCUT2D eigenvalue weighted by Gasteiger charge is -2.23. The van der Waals surface area contributed by atoms with Crippen molar-refractivity contribution in [3.63, 3.8) is 0 Å². The summed E-state index contributed by atoms with van der Waals surface area (Å²) in [6.07, 6.45) is 0.257. The van der Waals surface area contributed by atoms with Gasteiger partial charge in [-0.2, -0.15) is 0 Å². The summed E-state index contributed by atoms with van der Waals surface area (Å²) >= 11 is 0. The van der Waals surface area contributed by atoms with Crippen LogP contribution in [0.1, 0.15) is 27.2 Å². The van der Waals surface area contributed by atoms with E-state index in [1.165, 1.54) is 6.92 Å². The fourth-order valence-electron chi connectivity index (χ4n) is 1.39. The first-order valence-electron chi connectivity index (χ1n) is 4.20. The number of nitro groups is 1. The molecule has 0 radical (unpaired) electrons. The van der Waals surface area contributed by atoms with Gasteiger partial charge in [0.1, 0.15) is 0 Å². The van der Waals surface area contributed by atoms with Crippen molar-refractivity contribution in [2.45, 2.75) is 32.7 Å². The first kappa shape index (κ1) is 12.5. The van der Waals surface area contributed by atoms with Crippen molar-refractivity contribution in [3.05, 3.63) is 10.1 Å². The smallest absolute Gasteiger partial charge is 0.390 e. The monoisotopic (exact) mass is 203 g/mol. The molecule has 0 heterocycles. The summed E-state index contributed by atoms with van der Waals surface area (Å²) < 4.78 is 0. The Morgan fingerprint density at radius 3 is 2.07 bits per heavy atom. The molecule has 6 heteroatoms. The van der Waals surface area contributed by atoms with Gasteiger partial charge in [-0.3, -0.25) is 14.9 Å². The average molecular weight is 203 g/mol. The lowest BCUT2D eigenvalue weighted by molar-refractivity contribution is -0.547. The quantitative estimate of drug-likeness (QED) is 0.403. The van der Waals surface area contributed by atoms with Crippen LogP contribution in [-0.4, -0.2) is 27.3 Å². The third-order valence-corrected chi connectivity index (χ3v) is 2.48. The number of rotatable bonds is 5. The molecular formula is C8H13NO5. The number of carbonyl (C=O) groups excluding carboxylic acids is 1. The Labute approximate surface area is 81.1 Å². The molecule has 0 amide bonds. The van der Waals surface area contributed by atoms with Gasteiger partial charge in [0.2, 0.25) is 5.78 Å². The van der Waals surface area contributed by atoms with Crippen LogP contribution < -0.4 is 0 Å². The van der Waals surface area contributed by atoms with Crippen LogP contribution in [-0.2, 0) is 9.59 Å². The number of ketones is 1. The molecule has 0 aliphatic rings. The van der Waals surface area contributed by atoms with Crippen LogP contribution >= 0.6 is 0 Å². The van der Waals surface area contributed by atoms with Crippen molar-refractivity contribution in [3.8, 4) is 0 Å². The number of nitrogens with zero attached hydrogens (tertiary/aromatic N) is 1. The molecule has 2 atom stereocenters. The first-order valence-corrected chi connectivity index (χ1v) is 4.20. The van der Waals surface area contributed by atoms with Gasteiger partial charge in [0.15, 0.2) is 0 Å². The van der Waals surface area contributed by atoms with E-state index in [2.05, 4.69) is 0 Å². The molecule has 2 unspecified atom stereocenters. The zero-order chi connectivity index (χ0) is 11.5. The Bertz CT molecular complexity index is 237. The highest BCUT2D eigenvalue weighted by Gasteiger charge is 2.60. The maximum atomic E-state index is 11.1. The van der Waals surface area contributed by atoms with Crippen LogP contribution in [0.4, 0.5) is 0 Å². The van der Waals surface area contributed by atoms with Crippen molar-refractivity contribution in [2.75, 3.05) is 0 Å². The number of aliphatic carboxylic acids is 1. The van der Waals surface area contributed by atoms with Crippen LogP contribution in [0.25, 0.3) is 0 Å². The van der Waals surface area contributed by atoms with Crippen molar-refractivity contribution in [2.24, 2.45) is 5.92 Å². The van der Waals surface area contributed by atoms with Crippen LogP contribution in [0.5, 0.6) is 0 Å². The molecular weight excluding hydrogens is 190 g/mol. The predicted octanol–water partition coefficient (Wildman–Crippen LogP) is 0.722. The van der Waals surface area contributed by atoms with Gasteiger partial charge in [-0.25, -0.2) is 4.79 Å². The summed E-state index contributed by atoms with van der Waals surface area (Å²) in [5, 5.41) is 19.5. The molecule has 0 aromatic carbocycles. The number of carboxylic acid groups (broad SMARTS) is 1. The molecule has 0 aliphatic heterocycles. The summed E-state index contributed by atoms with van der Waals surface area (Å²) in [5.74, 6) is -3.46. The van der Waals surface area contributed by atoms with Crippen LogP contribution in [0.15, 0.2) is 0 Å². The van der Waals surface area contributed by atoms with E-state index in [1.54, 1.807) is 6.92 Å². The zero-order valence-corrected chi connectivity index (χ0v) is 8.31. The third kappa shape index (κ3) is 1.59. The SMILES string of the molecule is CCC(C)C(C(C)=O)(C(=O)O)[N+](=O)[O-]. The van der Waals surface area contributed by atoms with E-state index < -0.39 is 28.1 Å². The van der Waals surface area contributed by atoms with E-state index in [9.17, 15) is 19.7 Å². The van der Waals surface area contributed by atoms with Gasteiger partial charge in [-0.05, 0) is 6.42 Å². The predicted molar refractivity (Wildman–Crippen MR) is 47.5 cm³/mol. The molecule has 0 fully saturated rings. The van der Waals surface area contributed by atoms with Crippen LogP contribution in [0, 0.1) is 16.0 Å². The summed E-state index contributed by atoms with van der Waals surface area (Å²) in [6, 6.07) is 0. The Morgan fingerprint density at radius 1 is 1.57 bits per heavy atom. The molecule has 1 N–H and O–H groups in total. The Morgan fingerprint density at radius 2 is 2.00 bits per heavy atom. The molecule has 0 bridgehead atoms. The lowest BCUT2D eigenvalue weighted by atomic mass is 9.81. The van der Waals surface area contributed by atoms with Gasteiger partial charge in [0, 0.05) is 17.8 Å². The zero-order valence-electron chi connectivity index (χ0n) is 8.31. The number of hydrogen-bond donors (Lipinski definition) is 1. The number of carboxylic acids is 1. The lowest BCUT2D eigenvalue weighted by Crippen LogP contribution is -2.57. The molecule has 0 aliphatic carbocycles. The fraction of sp³-hybridized carbons (Fsp3) is 0.750. The minimum absolute atomic E-state index is 0.257.